The van der Waals surface area contributed by atoms with E-state index in [1.165, 1.54) is 6.92 Å². The van der Waals surface area contributed by atoms with E-state index in [4.69, 9.17) is 9.84 Å². The Balaban J connectivity index is 4.39. The van der Waals surface area contributed by atoms with Crippen LogP contribution in [0.4, 0.5) is 0 Å². The molecule has 0 aliphatic carbocycles. The lowest BCUT2D eigenvalue weighted by Crippen LogP contribution is -2.47. The second-order valence-corrected chi connectivity index (χ2v) is 4.05. The number of carbonyl (C=O) groups excluding carboxylic acids is 2. The van der Waals surface area contributed by atoms with Gasteiger partial charge >= 0.3 is 5.97 Å². The van der Waals surface area contributed by atoms with Gasteiger partial charge < -0.3 is 15.2 Å². The summed E-state index contributed by atoms with van der Waals surface area (Å²) in [5, 5.41) is 11.5. The molecule has 1 unspecified atom stereocenters. The molecular formula is C11H21NO4. The first kappa shape index (κ1) is 14.9. The van der Waals surface area contributed by atoms with Crippen LogP contribution >= 0.6 is 0 Å². The number of hydrogen-bond donors (Lipinski definition) is 2. The molecule has 0 fully saturated rings. The van der Waals surface area contributed by atoms with Crippen molar-refractivity contribution in [3.63, 3.8) is 0 Å². The normalized spacial score (nSPS) is 14.0. The zero-order valence-electron chi connectivity index (χ0n) is 10.2. The molecule has 0 aromatic heterocycles. The first-order chi connectivity index (χ1) is 7.43. The minimum atomic E-state index is -0.638. The van der Waals surface area contributed by atoms with Gasteiger partial charge in [-0.3, -0.25) is 9.59 Å². The summed E-state index contributed by atoms with van der Waals surface area (Å²) in [6.07, 6.45) is 1.21. The number of nitrogens with one attached hydrogen (secondary N) is 1. The monoisotopic (exact) mass is 231 g/mol. The van der Waals surface area contributed by atoms with Crippen molar-refractivity contribution in [2.45, 2.75) is 45.6 Å². The van der Waals surface area contributed by atoms with Crippen molar-refractivity contribution in [1.29, 1.82) is 0 Å². The van der Waals surface area contributed by atoms with Crippen molar-refractivity contribution in [3.8, 4) is 0 Å². The Hall–Kier alpha value is -1.10. The average molecular weight is 231 g/mol. The number of hydrogen-bond acceptors (Lipinski definition) is 4. The van der Waals surface area contributed by atoms with E-state index in [1.54, 1.807) is 13.8 Å². The van der Waals surface area contributed by atoms with Crippen molar-refractivity contribution in [2.24, 2.45) is 0 Å². The fourth-order valence-electron chi connectivity index (χ4n) is 1.62. The molecule has 0 aromatic carbocycles. The molecule has 0 aliphatic rings. The lowest BCUT2D eigenvalue weighted by Gasteiger charge is -2.29. The molecule has 16 heavy (non-hydrogen) atoms. The highest BCUT2D eigenvalue weighted by molar-refractivity contribution is 5.76. The number of amides is 1. The molecule has 0 spiro atoms. The summed E-state index contributed by atoms with van der Waals surface area (Å²) >= 11 is 0. The van der Waals surface area contributed by atoms with Crippen LogP contribution in [-0.4, -0.2) is 35.7 Å². The highest BCUT2D eigenvalue weighted by Crippen LogP contribution is 2.17. The molecule has 0 saturated heterocycles. The molecule has 0 rings (SSSR count). The maximum absolute atomic E-state index is 11.4. The second kappa shape index (κ2) is 7.22. The zero-order chi connectivity index (χ0) is 12.6. The Morgan fingerprint density at radius 1 is 1.44 bits per heavy atom. The van der Waals surface area contributed by atoms with Gasteiger partial charge in [-0.2, -0.15) is 0 Å². The van der Waals surface area contributed by atoms with Gasteiger partial charge in [-0.25, -0.2) is 0 Å². The predicted octanol–water partition coefficient (Wildman–Crippen LogP) is 0.607. The van der Waals surface area contributed by atoms with Crippen molar-refractivity contribution in [3.05, 3.63) is 0 Å². The lowest BCUT2D eigenvalue weighted by molar-refractivity contribution is -0.145. The lowest BCUT2D eigenvalue weighted by atomic mass is 9.92. The standard InChI is InChI=1S/C11H21NO4/c1-4-16-10(15)8-11(3,6-5-7-13)12-9(2)14/h13H,4-8H2,1-3H3,(H,12,14). The van der Waals surface area contributed by atoms with E-state index >= 15 is 0 Å². The Kier molecular flexibility index (Phi) is 6.72. The van der Waals surface area contributed by atoms with Crippen LogP contribution in [0.3, 0.4) is 0 Å². The van der Waals surface area contributed by atoms with Crippen molar-refractivity contribution >= 4 is 11.9 Å². The third kappa shape index (κ3) is 6.40. The average Bonchev–Trinajstić information content (AvgIpc) is 2.13. The molecule has 0 saturated carbocycles. The molecule has 5 nitrogen and oxygen atoms in total. The van der Waals surface area contributed by atoms with E-state index in [1.807, 2.05) is 0 Å². The summed E-state index contributed by atoms with van der Waals surface area (Å²) in [4.78, 5) is 22.4. The van der Waals surface area contributed by atoms with E-state index in [2.05, 4.69) is 5.32 Å². The molecule has 0 aromatic rings. The van der Waals surface area contributed by atoms with Gasteiger partial charge in [-0.1, -0.05) is 0 Å². The first-order valence-corrected chi connectivity index (χ1v) is 5.49. The van der Waals surface area contributed by atoms with Crippen LogP contribution in [0.5, 0.6) is 0 Å². The van der Waals surface area contributed by atoms with Crippen LogP contribution in [0.1, 0.15) is 40.0 Å². The molecule has 5 heteroatoms. The summed E-state index contributed by atoms with van der Waals surface area (Å²) in [7, 11) is 0. The molecule has 1 amide bonds. The maximum Gasteiger partial charge on any atom is 0.308 e. The van der Waals surface area contributed by atoms with Gasteiger partial charge in [0.05, 0.1) is 13.0 Å². The fraction of sp³-hybridized carbons (Fsp3) is 0.818. The Labute approximate surface area is 96.2 Å². The molecule has 94 valence electrons. The van der Waals surface area contributed by atoms with E-state index in [0.717, 1.165) is 0 Å². The van der Waals surface area contributed by atoms with Gasteiger partial charge in [0.2, 0.25) is 5.91 Å². The quantitative estimate of drug-likeness (QED) is 0.629. The van der Waals surface area contributed by atoms with Crippen LogP contribution in [0.25, 0.3) is 0 Å². The fourth-order valence-corrected chi connectivity index (χ4v) is 1.62. The van der Waals surface area contributed by atoms with E-state index in [-0.39, 0.29) is 24.9 Å². The molecular weight excluding hydrogens is 210 g/mol. The second-order valence-electron chi connectivity index (χ2n) is 4.05. The third-order valence-electron chi connectivity index (χ3n) is 2.20. The smallest absolute Gasteiger partial charge is 0.308 e. The van der Waals surface area contributed by atoms with Crippen LogP contribution in [0.15, 0.2) is 0 Å². The summed E-state index contributed by atoms with van der Waals surface area (Å²) < 4.78 is 4.85. The highest BCUT2D eigenvalue weighted by atomic mass is 16.5. The first-order valence-electron chi connectivity index (χ1n) is 5.49. The van der Waals surface area contributed by atoms with Crippen LogP contribution < -0.4 is 5.32 Å². The SMILES string of the molecule is CCOC(=O)CC(C)(CCCO)NC(C)=O. The summed E-state index contributed by atoms with van der Waals surface area (Å²) in [6, 6.07) is 0. The Bertz CT molecular complexity index is 242. The Morgan fingerprint density at radius 2 is 2.06 bits per heavy atom. The number of ether oxygens (including phenoxy) is 1. The minimum Gasteiger partial charge on any atom is -0.466 e. The van der Waals surface area contributed by atoms with Crippen molar-refractivity contribution in [1.82, 2.24) is 5.32 Å². The van der Waals surface area contributed by atoms with Crippen LogP contribution in [-0.2, 0) is 14.3 Å². The maximum atomic E-state index is 11.4. The molecule has 0 radical (unpaired) electrons. The van der Waals surface area contributed by atoms with E-state index in [9.17, 15) is 9.59 Å². The molecule has 0 aliphatic heterocycles. The van der Waals surface area contributed by atoms with Gasteiger partial charge in [0.15, 0.2) is 0 Å². The largest absolute Gasteiger partial charge is 0.466 e. The van der Waals surface area contributed by atoms with Crippen molar-refractivity contribution in [2.75, 3.05) is 13.2 Å². The summed E-state index contributed by atoms with van der Waals surface area (Å²) in [5.74, 6) is -0.526. The van der Waals surface area contributed by atoms with Crippen molar-refractivity contribution < 1.29 is 19.4 Å². The van der Waals surface area contributed by atoms with Crippen LogP contribution in [0, 0.1) is 0 Å². The molecule has 0 heterocycles. The van der Waals surface area contributed by atoms with Crippen LogP contribution in [0.2, 0.25) is 0 Å². The van der Waals surface area contributed by atoms with Gasteiger partial charge in [-0.15, -0.1) is 0 Å². The number of rotatable bonds is 7. The van der Waals surface area contributed by atoms with E-state index < -0.39 is 5.54 Å². The van der Waals surface area contributed by atoms with E-state index in [0.29, 0.717) is 19.4 Å². The topological polar surface area (TPSA) is 75.6 Å². The minimum absolute atomic E-state index is 0.0397. The number of esters is 1. The number of aliphatic hydroxyl groups excluding tert-OH is 1. The third-order valence-corrected chi connectivity index (χ3v) is 2.20. The predicted molar refractivity (Wildman–Crippen MR) is 59.8 cm³/mol. The van der Waals surface area contributed by atoms with Gasteiger partial charge in [-0.05, 0) is 26.7 Å². The number of aliphatic hydroxyl groups is 1. The molecule has 2 N–H and O–H groups in total. The number of carbonyl (C=O) groups is 2. The summed E-state index contributed by atoms with van der Waals surface area (Å²) in [6.45, 7) is 5.29. The van der Waals surface area contributed by atoms with Gasteiger partial charge in [0, 0.05) is 19.1 Å². The molecule has 0 bridgehead atoms. The molecule has 1 atom stereocenters. The Morgan fingerprint density at radius 3 is 2.50 bits per heavy atom. The van der Waals surface area contributed by atoms with Gasteiger partial charge in [0.1, 0.15) is 0 Å². The zero-order valence-corrected chi connectivity index (χ0v) is 10.2. The summed E-state index contributed by atoms with van der Waals surface area (Å²) in [5.41, 5.74) is -0.638. The van der Waals surface area contributed by atoms with Gasteiger partial charge in [0.25, 0.3) is 0 Å². The highest BCUT2D eigenvalue weighted by Gasteiger charge is 2.28.